The quantitative estimate of drug-likeness (QED) is 0.103. The van der Waals surface area contributed by atoms with Crippen LogP contribution in [0.5, 0.6) is 5.75 Å². The normalized spacial score (nSPS) is 11.5. The molecule has 0 aromatic heterocycles. The molecule has 0 saturated carbocycles. The number of hydrogen-bond acceptors (Lipinski definition) is 8. The van der Waals surface area contributed by atoms with Crippen molar-refractivity contribution < 1.29 is 37.8 Å². The molecule has 1 aromatic rings. The number of carbonyl (C=O) groups excluding carboxylic acids is 1. The second-order valence-corrected chi connectivity index (χ2v) is 8.74. The van der Waals surface area contributed by atoms with Gasteiger partial charge in [0.25, 0.3) is 0 Å². The van der Waals surface area contributed by atoms with Gasteiger partial charge in [0.2, 0.25) is 15.6 Å². The number of rotatable bonds is 14. The van der Waals surface area contributed by atoms with Gasteiger partial charge < -0.3 is 20.4 Å². The van der Waals surface area contributed by atoms with Crippen molar-refractivity contribution in [3.63, 3.8) is 0 Å². The summed E-state index contributed by atoms with van der Waals surface area (Å²) in [5, 5.41) is 26.4. The smallest absolute Gasteiger partial charge is 0.332 e. The number of aliphatic carboxylic acids is 2. The van der Waals surface area contributed by atoms with E-state index in [1.807, 2.05) is 6.92 Å². The molecule has 172 valence electrons. The van der Waals surface area contributed by atoms with Gasteiger partial charge in [0.05, 0.1) is 0 Å². The van der Waals surface area contributed by atoms with Gasteiger partial charge in [-0.15, -0.1) is 11.8 Å². The second-order valence-electron chi connectivity index (χ2n) is 6.60. The monoisotopic (exact) mass is 474 g/mol. The molecule has 10 nitrogen and oxygen atoms in total. The summed E-state index contributed by atoms with van der Waals surface area (Å²) >= 11 is 0.512. The van der Waals surface area contributed by atoms with E-state index in [1.165, 1.54) is 6.26 Å². The first-order valence-corrected chi connectivity index (χ1v) is 11.7. The van der Waals surface area contributed by atoms with Gasteiger partial charge >= 0.3 is 17.9 Å². The van der Waals surface area contributed by atoms with Crippen LogP contribution in [0.25, 0.3) is 0 Å². The molecular weight excluding hydrogens is 448 g/mol. The van der Waals surface area contributed by atoms with E-state index in [0.717, 1.165) is 12.0 Å². The van der Waals surface area contributed by atoms with Crippen LogP contribution in [0.15, 0.2) is 24.3 Å². The average molecular weight is 475 g/mol. The lowest BCUT2D eigenvalue weighted by molar-refractivity contribution is -0.152. The Morgan fingerprint density at radius 1 is 1.13 bits per heavy atom. The van der Waals surface area contributed by atoms with E-state index in [2.05, 4.69) is 0 Å². The molecule has 3 N–H and O–H groups in total. The highest BCUT2D eigenvalue weighted by molar-refractivity contribution is 8.01. The van der Waals surface area contributed by atoms with Crippen LogP contribution in [0.4, 0.5) is 0 Å². The number of carboxylic acid groups (broad SMARTS) is 2. The molecule has 0 heterocycles. The van der Waals surface area contributed by atoms with Crippen LogP contribution in [-0.2, 0) is 25.3 Å². The summed E-state index contributed by atoms with van der Waals surface area (Å²) in [6, 6.07) is 6.46. The largest absolute Gasteiger partial charge is 0.480 e. The van der Waals surface area contributed by atoms with Crippen molar-refractivity contribution >= 4 is 46.3 Å². The maximum atomic E-state index is 12.0. The third kappa shape index (κ3) is 7.64. The van der Waals surface area contributed by atoms with Crippen molar-refractivity contribution in [2.45, 2.75) is 37.4 Å². The molecule has 0 aliphatic heterocycles. The number of ether oxygens (including phenoxy) is 1. The van der Waals surface area contributed by atoms with Crippen molar-refractivity contribution in [3.8, 4) is 5.75 Å². The Morgan fingerprint density at radius 2 is 1.71 bits per heavy atom. The highest BCUT2D eigenvalue weighted by atomic mass is 32.2. The first-order chi connectivity index (χ1) is 14.6. The summed E-state index contributed by atoms with van der Waals surface area (Å²) in [7, 11) is -3.25. The topological polar surface area (TPSA) is 162 Å². The fraction of sp³-hybridized carbons (Fsp3) is 0.474. The maximum absolute atomic E-state index is 12.0. The lowest BCUT2D eigenvalue weighted by Crippen LogP contribution is -2.52. The minimum atomic E-state index is -3.25. The molecule has 0 aliphatic rings. The van der Waals surface area contributed by atoms with Crippen molar-refractivity contribution in [1.82, 2.24) is 4.31 Å². The van der Waals surface area contributed by atoms with Crippen molar-refractivity contribution in [2.24, 2.45) is 0 Å². The van der Waals surface area contributed by atoms with Crippen LogP contribution in [0.1, 0.15) is 38.2 Å². The summed E-state index contributed by atoms with van der Waals surface area (Å²) in [6.45, 7) is 0.973. The highest BCUT2D eigenvalue weighted by Gasteiger charge is 2.48. The van der Waals surface area contributed by atoms with E-state index < -0.39 is 40.1 Å². The standard InChI is InChI=1S/C19H26N2O8S2/c1-3-5-15(20)13-7-9-14(10-8-13)29-16(22)6-4-11-21(31(27)28)12-19(30-2,17(23)24)18(25)26/h7-10,20,31H,3-6,11-12H2,1-2H3,(H,23,24)(H,25,26). The van der Waals surface area contributed by atoms with Crippen LogP contribution in [0.2, 0.25) is 0 Å². The predicted molar refractivity (Wildman–Crippen MR) is 116 cm³/mol. The van der Waals surface area contributed by atoms with Gasteiger partial charge in [0.15, 0.2) is 0 Å². The number of thiol groups is 1. The van der Waals surface area contributed by atoms with E-state index in [1.54, 1.807) is 24.3 Å². The Kier molecular flexibility index (Phi) is 10.7. The molecule has 0 spiro atoms. The zero-order valence-corrected chi connectivity index (χ0v) is 18.9. The van der Waals surface area contributed by atoms with Gasteiger partial charge in [0, 0.05) is 25.2 Å². The second kappa shape index (κ2) is 12.4. The fourth-order valence-corrected chi connectivity index (χ4v) is 4.01. The van der Waals surface area contributed by atoms with Gasteiger partial charge in [-0.25, -0.2) is 12.7 Å². The molecular formula is C19H26N2O8S2. The van der Waals surface area contributed by atoms with Gasteiger partial charge in [0.1, 0.15) is 5.75 Å². The van der Waals surface area contributed by atoms with Crippen molar-refractivity contribution in [1.29, 1.82) is 5.41 Å². The Bertz CT molecular complexity index is 861. The maximum Gasteiger partial charge on any atom is 0.332 e. The molecule has 12 heteroatoms. The number of carboxylic acids is 2. The van der Waals surface area contributed by atoms with Crippen LogP contribution < -0.4 is 4.74 Å². The molecule has 0 atom stereocenters. The van der Waals surface area contributed by atoms with E-state index >= 15 is 0 Å². The van der Waals surface area contributed by atoms with E-state index in [4.69, 9.17) is 10.1 Å². The first-order valence-electron chi connectivity index (χ1n) is 9.37. The van der Waals surface area contributed by atoms with E-state index in [0.29, 0.717) is 28.2 Å². The number of carbonyl (C=O) groups is 3. The molecule has 0 aliphatic carbocycles. The van der Waals surface area contributed by atoms with Gasteiger partial charge in [-0.2, -0.15) is 0 Å². The lowest BCUT2D eigenvalue weighted by Gasteiger charge is -2.27. The third-order valence-electron chi connectivity index (χ3n) is 4.41. The zero-order valence-electron chi connectivity index (χ0n) is 17.2. The van der Waals surface area contributed by atoms with Gasteiger partial charge in [-0.3, -0.25) is 14.4 Å². The number of nitrogens with one attached hydrogen (secondary N) is 1. The Hall–Kier alpha value is -2.44. The minimum absolute atomic E-state index is 0.0189. The number of nitrogens with zero attached hydrogens (tertiary/aromatic N) is 1. The SMILES string of the molecule is CCCC(=N)c1ccc(OC(=O)CCCN(CC(SC)(C(=O)O)C(=O)O)[SH](=O)=O)cc1. The minimum Gasteiger partial charge on any atom is -0.480 e. The molecule has 0 saturated heterocycles. The molecule has 31 heavy (non-hydrogen) atoms. The van der Waals surface area contributed by atoms with E-state index in [9.17, 15) is 33.0 Å². The first kappa shape index (κ1) is 26.6. The predicted octanol–water partition coefficient (Wildman–Crippen LogP) is 1.64. The van der Waals surface area contributed by atoms with Crippen LogP contribution in [-0.4, -0.2) is 70.6 Å². The number of hydrogen-bond donors (Lipinski definition) is 4. The number of thioether (sulfide) groups is 1. The summed E-state index contributed by atoms with van der Waals surface area (Å²) in [5.41, 5.74) is 1.21. The molecule has 0 bridgehead atoms. The fourth-order valence-electron chi connectivity index (χ4n) is 2.65. The molecule has 0 unspecified atom stereocenters. The number of benzene rings is 1. The summed E-state index contributed by atoms with van der Waals surface area (Å²) in [6.07, 6.45) is 2.62. The van der Waals surface area contributed by atoms with Crippen LogP contribution >= 0.6 is 11.8 Å². The zero-order chi connectivity index (χ0) is 23.6. The average Bonchev–Trinajstić information content (AvgIpc) is 2.70. The van der Waals surface area contributed by atoms with Gasteiger partial charge in [-0.05, 0) is 48.9 Å². The highest BCUT2D eigenvalue weighted by Crippen LogP contribution is 2.25. The third-order valence-corrected chi connectivity index (χ3v) is 6.39. The Balaban J connectivity index is 2.66. The van der Waals surface area contributed by atoms with Crippen LogP contribution in [0, 0.1) is 5.41 Å². The van der Waals surface area contributed by atoms with Crippen molar-refractivity contribution in [2.75, 3.05) is 19.3 Å². The molecule has 0 fully saturated rings. The molecule has 1 rings (SSSR count). The molecule has 0 amide bonds. The van der Waals surface area contributed by atoms with Gasteiger partial charge in [-0.1, -0.05) is 13.3 Å². The summed E-state index contributed by atoms with van der Waals surface area (Å²) in [4.78, 5) is 34.9. The summed E-state index contributed by atoms with van der Waals surface area (Å²) in [5.74, 6) is -3.67. The van der Waals surface area contributed by atoms with E-state index in [-0.39, 0.29) is 25.1 Å². The molecule has 1 aromatic carbocycles. The molecule has 0 radical (unpaired) electrons. The Labute approximate surface area is 186 Å². The van der Waals surface area contributed by atoms with Crippen LogP contribution in [0.3, 0.4) is 0 Å². The van der Waals surface area contributed by atoms with Crippen molar-refractivity contribution in [3.05, 3.63) is 29.8 Å². The summed E-state index contributed by atoms with van der Waals surface area (Å²) < 4.78 is 26.5. The lowest BCUT2D eigenvalue weighted by atomic mass is 10.1. The number of esters is 1. The Morgan fingerprint density at radius 3 is 2.16 bits per heavy atom.